The Balaban J connectivity index is 2.01. The zero-order chi connectivity index (χ0) is 7.19. The van der Waals surface area contributed by atoms with E-state index in [0.29, 0.717) is 12.0 Å². The molecule has 2 rings (SSSR count). The van der Waals surface area contributed by atoms with Crippen LogP contribution in [0.3, 0.4) is 0 Å². The Bertz CT molecular complexity index is 142. The Kier molecular flexibility index (Phi) is 1.29. The van der Waals surface area contributed by atoms with Crippen molar-refractivity contribution in [3.8, 4) is 0 Å². The van der Waals surface area contributed by atoms with Crippen LogP contribution in [0.4, 0.5) is 0 Å². The molecule has 0 radical (unpaired) electrons. The summed E-state index contributed by atoms with van der Waals surface area (Å²) in [7, 11) is 0. The summed E-state index contributed by atoms with van der Waals surface area (Å²) in [5.74, 6) is 0.455. The maximum Gasteiger partial charge on any atom is 0.168 e. The maximum atomic E-state index is 5.65. The van der Waals surface area contributed by atoms with Crippen molar-refractivity contribution in [3.05, 3.63) is 0 Å². The SMILES string of the molecule is CC1COC(C)(C2CC2)O1. The van der Waals surface area contributed by atoms with Crippen LogP contribution in [0.1, 0.15) is 26.7 Å². The zero-order valence-corrected chi connectivity index (χ0v) is 6.59. The second-order valence-electron chi connectivity index (χ2n) is 3.53. The smallest absolute Gasteiger partial charge is 0.168 e. The molecular formula is C8H14O2. The highest BCUT2D eigenvalue weighted by molar-refractivity contribution is 4.89. The molecular weight excluding hydrogens is 128 g/mol. The fraction of sp³-hybridized carbons (Fsp3) is 1.00. The summed E-state index contributed by atoms with van der Waals surface area (Å²) < 4.78 is 11.2. The van der Waals surface area contributed by atoms with Crippen molar-refractivity contribution >= 4 is 0 Å². The monoisotopic (exact) mass is 142 g/mol. The molecule has 0 spiro atoms. The van der Waals surface area contributed by atoms with Gasteiger partial charge < -0.3 is 9.47 Å². The van der Waals surface area contributed by atoms with Gasteiger partial charge in [0.1, 0.15) is 0 Å². The first-order chi connectivity index (χ1) is 4.71. The number of rotatable bonds is 1. The highest BCUT2D eigenvalue weighted by Crippen LogP contribution is 2.45. The fourth-order valence-electron chi connectivity index (χ4n) is 1.57. The van der Waals surface area contributed by atoms with Crippen LogP contribution in [0.5, 0.6) is 0 Å². The molecule has 0 aromatic carbocycles. The van der Waals surface area contributed by atoms with Crippen molar-refractivity contribution in [2.24, 2.45) is 5.92 Å². The lowest BCUT2D eigenvalue weighted by atomic mass is 10.2. The highest BCUT2D eigenvalue weighted by Gasteiger charge is 2.47. The minimum absolute atomic E-state index is 0.223. The predicted molar refractivity (Wildman–Crippen MR) is 37.6 cm³/mol. The summed E-state index contributed by atoms with van der Waals surface area (Å²) in [6, 6.07) is 0. The van der Waals surface area contributed by atoms with Gasteiger partial charge in [-0.15, -0.1) is 0 Å². The standard InChI is InChI=1S/C8H14O2/c1-6-5-9-8(2,10-6)7-3-4-7/h6-7H,3-5H2,1-2H3. The molecule has 1 aliphatic carbocycles. The normalized spacial score (nSPS) is 48.0. The van der Waals surface area contributed by atoms with Gasteiger partial charge in [0, 0.05) is 5.92 Å². The molecule has 0 amide bonds. The largest absolute Gasteiger partial charge is 0.347 e. The first-order valence-electron chi connectivity index (χ1n) is 4.02. The first-order valence-corrected chi connectivity index (χ1v) is 4.02. The van der Waals surface area contributed by atoms with Gasteiger partial charge in [-0.2, -0.15) is 0 Å². The third-order valence-electron chi connectivity index (χ3n) is 2.36. The van der Waals surface area contributed by atoms with Gasteiger partial charge in [-0.1, -0.05) is 0 Å². The van der Waals surface area contributed by atoms with E-state index in [1.807, 2.05) is 0 Å². The summed E-state index contributed by atoms with van der Waals surface area (Å²) in [4.78, 5) is 0. The third kappa shape index (κ3) is 0.956. The van der Waals surface area contributed by atoms with Gasteiger partial charge in [0.15, 0.2) is 5.79 Å². The molecule has 2 atom stereocenters. The molecule has 1 heterocycles. The lowest BCUT2D eigenvalue weighted by molar-refractivity contribution is -0.167. The molecule has 0 N–H and O–H groups in total. The fourth-order valence-corrected chi connectivity index (χ4v) is 1.57. The van der Waals surface area contributed by atoms with E-state index in [0.717, 1.165) is 6.61 Å². The van der Waals surface area contributed by atoms with Crippen LogP contribution >= 0.6 is 0 Å². The van der Waals surface area contributed by atoms with Gasteiger partial charge in [0.2, 0.25) is 0 Å². The van der Waals surface area contributed by atoms with E-state index in [1.165, 1.54) is 12.8 Å². The minimum Gasteiger partial charge on any atom is -0.347 e. The van der Waals surface area contributed by atoms with Crippen molar-refractivity contribution in [2.45, 2.75) is 38.6 Å². The van der Waals surface area contributed by atoms with Crippen LogP contribution in [-0.2, 0) is 9.47 Å². The van der Waals surface area contributed by atoms with Gasteiger partial charge in [-0.25, -0.2) is 0 Å². The topological polar surface area (TPSA) is 18.5 Å². The maximum absolute atomic E-state index is 5.65. The molecule has 10 heavy (non-hydrogen) atoms. The molecule has 2 heteroatoms. The van der Waals surface area contributed by atoms with Crippen molar-refractivity contribution in [1.82, 2.24) is 0 Å². The number of hydrogen-bond acceptors (Lipinski definition) is 2. The molecule has 2 fully saturated rings. The molecule has 2 aliphatic rings. The van der Waals surface area contributed by atoms with Crippen molar-refractivity contribution in [1.29, 1.82) is 0 Å². The molecule has 0 aromatic rings. The van der Waals surface area contributed by atoms with E-state index in [-0.39, 0.29) is 5.79 Å². The van der Waals surface area contributed by atoms with Crippen LogP contribution in [0.25, 0.3) is 0 Å². The van der Waals surface area contributed by atoms with E-state index < -0.39 is 0 Å². The third-order valence-corrected chi connectivity index (χ3v) is 2.36. The minimum atomic E-state index is -0.223. The Morgan fingerprint density at radius 1 is 1.40 bits per heavy atom. The second kappa shape index (κ2) is 1.95. The molecule has 0 aromatic heterocycles. The average molecular weight is 142 g/mol. The average Bonchev–Trinajstić information content (AvgIpc) is 2.62. The molecule has 1 aliphatic heterocycles. The molecule has 2 nitrogen and oxygen atoms in total. The van der Waals surface area contributed by atoms with Gasteiger partial charge >= 0.3 is 0 Å². The van der Waals surface area contributed by atoms with Crippen molar-refractivity contribution in [3.63, 3.8) is 0 Å². The zero-order valence-electron chi connectivity index (χ0n) is 6.59. The van der Waals surface area contributed by atoms with Crippen LogP contribution in [0.2, 0.25) is 0 Å². The molecule has 58 valence electrons. The summed E-state index contributed by atoms with van der Waals surface area (Å²) >= 11 is 0. The molecule has 1 saturated carbocycles. The van der Waals surface area contributed by atoms with E-state index >= 15 is 0 Å². The van der Waals surface area contributed by atoms with Crippen LogP contribution in [-0.4, -0.2) is 18.5 Å². The van der Waals surface area contributed by atoms with Crippen molar-refractivity contribution in [2.75, 3.05) is 6.61 Å². The summed E-state index contributed by atoms with van der Waals surface area (Å²) in [6.45, 7) is 4.90. The quantitative estimate of drug-likeness (QED) is 0.553. The Labute approximate surface area is 61.5 Å². The first kappa shape index (κ1) is 6.62. The Morgan fingerprint density at radius 3 is 2.50 bits per heavy atom. The highest BCUT2D eigenvalue weighted by atomic mass is 16.7. The van der Waals surface area contributed by atoms with Gasteiger partial charge in [-0.05, 0) is 26.7 Å². The molecule has 2 unspecified atom stereocenters. The summed E-state index contributed by atoms with van der Waals surface area (Å²) in [5, 5.41) is 0. The molecule has 0 bridgehead atoms. The van der Waals surface area contributed by atoms with Crippen LogP contribution in [0.15, 0.2) is 0 Å². The summed E-state index contributed by atoms with van der Waals surface area (Å²) in [5.41, 5.74) is 0. The second-order valence-corrected chi connectivity index (χ2v) is 3.53. The van der Waals surface area contributed by atoms with E-state index in [4.69, 9.17) is 9.47 Å². The van der Waals surface area contributed by atoms with Gasteiger partial charge in [0.05, 0.1) is 12.7 Å². The van der Waals surface area contributed by atoms with Crippen LogP contribution < -0.4 is 0 Å². The summed E-state index contributed by atoms with van der Waals surface area (Å²) in [6.07, 6.45) is 2.86. The van der Waals surface area contributed by atoms with Crippen LogP contribution in [0, 0.1) is 5.92 Å². The number of ether oxygens (including phenoxy) is 2. The van der Waals surface area contributed by atoms with E-state index in [1.54, 1.807) is 0 Å². The Hall–Kier alpha value is -0.0800. The Morgan fingerprint density at radius 2 is 2.10 bits per heavy atom. The van der Waals surface area contributed by atoms with E-state index in [2.05, 4.69) is 13.8 Å². The number of hydrogen-bond donors (Lipinski definition) is 0. The molecule has 1 saturated heterocycles. The lowest BCUT2D eigenvalue weighted by Gasteiger charge is -2.21. The van der Waals surface area contributed by atoms with E-state index in [9.17, 15) is 0 Å². The predicted octanol–water partition coefficient (Wildman–Crippen LogP) is 1.55. The van der Waals surface area contributed by atoms with Gasteiger partial charge in [0.25, 0.3) is 0 Å². The van der Waals surface area contributed by atoms with Gasteiger partial charge in [-0.3, -0.25) is 0 Å². The lowest BCUT2D eigenvalue weighted by Crippen LogP contribution is -2.28. The van der Waals surface area contributed by atoms with Crippen molar-refractivity contribution < 1.29 is 9.47 Å².